The van der Waals surface area contributed by atoms with Gasteiger partial charge < -0.3 is 15.4 Å². The van der Waals surface area contributed by atoms with E-state index < -0.39 is 5.97 Å². The summed E-state index contributed by atoms with van der Waals surface area (Å²) in [6.45, 7) is 3.44. The van der Waals surface area contributed by atoms with Gasteiger partial charge in [-0.3, -0.25) is 14.2 Å². The van der Waals surface area contributed by atoms with Gasteiger partial charge in [-0.05, 0) is 6.92 Å². The van der Waals surface area contributed by atoms with Gasteiger partial charge >= 0.3 is 5.97 Å². The van der Waals surface area contributed by atoms with E-state index in [1.54, 1.807) is 18.7 Å². The Balaban J connectivity index is 1.89. The van der Waals surface area contributed by atoms with Crippen molar-refractivity contribution >= 4 is 17.7 Å². The number of aromatic nitrogens is 4. The molecule has 2 aromatic heterocycles. The molecule has 0 fully saturated rings. The third-order valence-electron chi connectivity index (χ3n) is 4.00. The number of carbonyl (C=O) groups is 2. The van der Waals surface area contributed by atoms with Crippen LogP contribution < -0.4 is 10.6 Å². The van der Waals surface area contributed by atoms with Crippen LogP contribution in [0.2, 0.25) is 0 Å². The Bertz CT molecular complexity index is 791. The zero-order chi connectivity index (χ0) is 17.3. The number of hydrogen-bond donors (Lipinski definition) is 2. The minimum Gasteiger partial charge on any atom is -0.462 e. The molecule has 0 radical (unpaired) electrons. The predicted octanol–water partition coefficient (Wildman–Crippen LogP) is 0.228. The lowest BCUT2D eigenvalue weighted by Gasteiger charge is -2.14. The number of anilines is 1. The van der Waals surface area contributed by atoms with Gasteiger partial charge in [0.1, 0.15) is 11.4 Å². The number of rotatable bonds is 4. The van der Waals surface area contributed by atoms with E-state index in [0.29, 0.717) is 18.1 Å². The third kappa shape index (κ3) is 2.78. The second-order valence-electron chi connectivity index (χ2n) is 5.53. The van der Waals surface area contributed by atoms with E-state index >= 15 is 0 Å². The number of aryl methyl sites for hydroxylation is 2. The minimum absolute atomic E-state index is 0.218. The first-order valence-corrected chi connectivity index (χ1v) is 7.78. The van der Waals surface area contributed by atoms with E-state index in [9.17, 15) is 9.59 Å². The summed E-state index contributed by atoms with van der Waals surface area (Å²) in [6, 6.07) is 0. The maximum Gasteiger partial charge on any atom is 0.343 e. The molecule has 0 aromatic carbocycles. The molecule has 2 aromatic rings. The second kappa shape index (κ2) is 6.44. The molecule has 0 saturated heterocycles. The molecule has 0 unspecified atom stereocenters. The smallest absolute Gasteiger partial charge is 0.343 e. The van der Waals surface area contributed by atoms with E-state index in [2.05, 4.69) is 20.8 Å². The first kappa shape index (κ1) is 16.2. The van der Waals surface area contributed by atoms with Crippen LogP contribution >= 0.6 is 0 Å². The fourth-order valence-electron chi connectivity index (χ4n) is 2.81. The summed E-state index contributed by atoms with van der Waals surface area (Å²) in [5, 5.41) is 14.3. The molecule has 0 atom stereocenters. The van der Waals surface area contributed by atoms with Gasteiger partial charge in [-0.15, -0.1) is 0 Å². The molecular formula is C15H20N6O3. The molecule has 1 aliphatic rings. The van der Waals surface area contributed by atoms with Gasteiger partial charge in [-0.2, -0.15) is 10.2 Å². The number of hydrogen-bond acceptors (Lipinski definition) is 6. The van der Waals surface area contributed by atoms with Gasteiger partial charge in [0, 0.05) is 44.9 Å². The summed E-state index contributed by atoms with van der Waals surface area (Å²) in [5.41, 5.74) is 2.52. The predicted molar refractivity (Wildman–Crippen MR) is 85.7 cm³/mol. The van der Waals surface area contributed by atoms with Crippen LogP contribution in [0.5, 0.6) is 0 Å². The normalized spacial score (nSPS) is 13.5. The van der Waals surface area contributed by atoms with Crippen LogP contribution in [0, 0.1) is 0 Å². The van der Waals surface area contributed by atoms with Crippen molar-refractivity contribution in [2.45, 2.75) is 19.9 Å². The van der Waals surface area contributed by atoms with Gasteiger partial charge in [-0.25, -0.2) is 4.79 Å². The molecule has 2 N–H and O–H groups in total. The highest BCUT2D eigenvalue weighted by Gasteiger charge is 2.26. The third-order valence-corrected chi connectivity index (χ3v) is 4.00. The summed E-state index contributed by atoms with van der Waals surface area (Å²) in [5.74, 6) is -0.600. The fraction of sp³-hybridized carbons (Fsp3) is 0.467. The van der Waals surface area contributed by atoms with Crippen LogP contribution in [-0.2, 0) is 31.8 Å². The highest BCUT2D eigenvalue weighted by molar-refractivity contribution is 6.07. The molecule has 3 rings (SSSR count). The van der Waals surface area contributed by atoms with E-state index in [0.717, 1.165) is 24.2 Å². The van der Waals surface area contributed by atoms with E-state index in [1.165, 1.54) is 10.9 Å². The van der Waals surface area contributed by atoms with E-state index in [4.69, 9.17) is 4.74 Å². The molecule has 3 heterocycles. The molecule has 9 heteroatoms. The van der Waals surface area contributed by atoms with E-state index in [-0.39, 0.29) is 18.1 Å². The average molecular weight is 332 g/mol. The summed E-state index contributed by atoms with van der Waals surface area (Å²) < 4.78 is 8.16. The topological polar surface area (TPSA) is 103 Å². The Hall–Kier alpha value is -2.68. The number of esters is 1. The number of nitrogens with zero attached hydrogens (tertiary/aromatic N) is 4. The molecule has 0 aliphatic carbocycles. The number of fused-ring (bicyclic) bond motifs is 1. The summed E-state index contributed by atoms with van der Waals surface area (Å²) in [4.78, 5) is 24.7. The Kier molecular flexibility index (Phi) is 4.34. The van der Waals surface area contributed by atoms with Gasteiger partial charge in [0.25, 0.3) is 5.91 Å². The molecule has 1 amide bonds. The summed E-state index contributed by atoms with van der Waals surface area (Å²) in [7, 11) is 3.48. The zero-order valence-corrected chi connectivity index (χ0v) is 13.9. The zero-order valence-electron chi connectivity index (χ0n) is 13.9. The Morgan fingerprint density at radius 3 is 2.92 bits per heavy atom. The molecule has 0 bridgehead atoms. The SMILES string of the molecule is CCOC(=O)c1cnn(C)c1NC(=O)c1nn(C)c2c1CNCC2. The maximum atomic E-state index is 12.7. The van der Waals surface area contributed by atoms with Crippen LogP contribution in [0.15, 0.2) is 6.20 Å². The molecule has 128 valence electrons. The highest BCUT2D eigenvalue weighted by atomic mass is 16.5. The highest BCUT2D eigenvalue weighted by Crippen LogP contribution is 2.21. The van der Waals surface area contributed by atoms with Crippen LogP contribution in [0.4, 0.5) is 5.82 Å². The monoisotopic (exact) mass is 332 g/mol. The molecule has 1 aliphatic heterocycles. The van der Waals surface area contributed by atoms with Crippen molar-refractivity contribution < 1.29 is 14.3 Å². The lowest BCUT2D eigenvalue weighted by atomic mass is 10.1. The van der Waals surface area contributed by atoms with E-state index in [1.807, 2.05) is 7.05 Å². The quantitative estimate of drug-likeness (QED) is 0.777. The van der Waals surface area contributed by atoms with Crippen molar-refractivity contribution in [1.82, 2.24) is 24.9 Å². The first-order chi connectivity index (χ1) is 11.5. The summed E-state index contributed by atoms with van der Waals surface area (Å²) >= 11 is 0. The molecule has 24 heavy (non-hydrogen) atoms. The lowest BCUT2D eigenvalue weighted by Crippen LogP contribution is -2.26. The van der Waals surface area contributed by atoms with Crippen LogP contribution in [0.25, 0.3) is 0 Å². The average Bonchev–Trinajstić information content (AvgIpc) is 3.09. The van der Waals surface area contributed by atoms with Crippen LogP contribution in [0.3, 0.4) is 0 Å². The number of carbonyl (C=O) groups excluding carboxylic acids is 2. The van der Waals surface area contributed by atoms with Crippen molar-refractivity contribution in [1.29, 1.82) is 0 Å². The molecule has 9 nitrogen and oxygen atoms in total. The van der Waals surface area contributed by atoms with Crippen molar-refractivity contribution in [3.8, 4) is 0 Å². The molecule has 0 spiro atoms. The number of ether oxygens (including phenoxy) is 1. The fourth-order valence-corrected chi connectivity index (χ4v) is 2.81. The minimum atomic E-state index is -0.523. The van der Waals surface area contributed by atoms with Crippen molar-refractivity contribution in [2.75, 3.05) is 18.5 Å². The standard InChI is InChI=1S/C15H20N6O3/c1-4-24-15(23)10-8-17-21(3)13(10)18-14(22)12-9-7-16-6-5-11(9)20(2)19-12/h8,16H,4-7H2,1-3H3,(H,18,22). The van der Waals surface area contributed by atoms with Crippen LogP contribution in [-0.4, -0.2) is 44.6 Å². The second-order valence-corrected chi connectivity index (χ2v) is 5.53. The van der Waals surface area contributed by atoms with Crippen molar-refractivity contribution in [2.24, 2.45) is 14.1 Å². The van der Waals surface area contributed by atoms with Gasteiger partial charge in [-0.1, -0.05) is 0 Å². The Morgan fingerprint density at radius 1 is 1.38 bits per heavy atom. The lowest BCUT2D eigenvalue weighted by molar-refractivity contribution is 0.0527. The maximum absolute atomic E-state index is 12.7. The Labute approximate surface area is 139 Å². The summed E-state index contributed by atoms with van der Waals surface area (Å²) in [6.07, 6.45) is 2.20. The van der Waals surface area contributed by atoms with Crippen molar-refractivity contribution in [3.05, 3.63) is 28.7 Å². The Morgan fingerprint density at radius 2 is 2.17 bits per heavy atom. The van der Waals surface area contributed by atoms with Gasteiger partial charge in [0.05, 0.1) is 12.8 Å². The van der Waals surface area contributed by atoms with Gasteiger partial charge in [0.2, 0.25) is 0 Å². The molecule has 0 saturated carbocycles. The van der Waals surface area contributed by atoms with Gasteiger partial charge in [0.15, 0.2) is 5.69 Å². The number of amides is 1. The van der Waals surface area contributed by atoms with Crippen molar-refractivity contribution in [3.63, 3.8) is 0 Å². The molecular weight excluding hydrogens is 312 g/mol. The number of nitrogens with one attached hydrogen (secondary N) is 2. The van der Waals surface area contributed by atoms with Crippen LogP contribution in [0.1, 0.15) is 39.0 Å². The largest absolute Gasteiger partial charge is 0.462 e. The first-order valence-electron chi connectivity index (χ1n) is 7.78.